The van der Waals surface area contributed by atoms with Crippen molar-refractivity contribution in [3.8, 4) is 5.69 Å². The number of aromatic nitrogens is 2. The van der Waals surface area contributed by atoms with Crippen molar-refractivity contribution >= 4 is 65.7 Å². The van der Waals surface area contributed by atoms with Crippen molar-refractivity contribution in [3.63, 3.8) is 0 Å². The normalized spacial score (nSPS) is 12.2. The number of nitrogens with zero attached hydrogens (tertiary/aromatic N) is 2. The van der Waals surface area contributed by atoms with E-state index >= 15 is 0 Å². The number of fused-ring (bicyclic) bond motifs is 7. The van der Waals surface area contributed by atoms with Crippen molar-refractivity contribution in [1.29, 1.82) is 0 Å². The van der Waals surface area contributed by atoms with Gasteiger partial charge in [0.1, 0.15) is 16.4 Å². The summed E-state index contributed by atoms with van der Waals surface area (Å²) in [5.74, 6) is 1.89. The third-order valence-corrected chi connectivity index (χ3v) is 9.28. The lowest BCUT2D eigenvalue weighted by Crippen LogP contribution is -1.96. The Morgan fingerprint density at radius 3 is 2.43 bits per heavy atom. The van der Waals surface area contributed by atoms with Crippen LogP contribution in [0.3, 0.4) is 0 Å². The van der Waals surface area contributed by atoms with Crippen LogP contribution >= 0.6 is 11.3 Å². The van der Waals surface area contributed by atoms with E-state index in [1.54, 1.807) is 12.5 Å². The number of rotatable bonds is 8. The summed E-state index contributed by atoms with van der Waals surface area (Å²) in [6.45, 7) is 3.22. The van der Waals surface area contributed by atoms with Crippen LogP contribution in [0.5, 0.6) is 0 Å². The first-order valence-corrected chi connectivity index (χ1v) is 15.4. The molecule has 0 spiro atoms. The van der Waals surface area contributed by atoms with Gasteiger partial charge in [-0.25, -0.2) is 0 Å². The molecule has 0 unspecified atom stereocenters. The predicted molar refractivity (Wildman–Crippen MR) is 176 cm³/mol. The summed E-state index contributed by atoms with van der Waals surface area (Å²) in [6.07, 6.45) is 10.6. The fourth-order valence-electron chi connectivity index (χ4n) is 6.27. The summed E-state index contributed by atoms with van der Waals surface area (Å²) in [4.78, 5) is 1.30. The van der Waals surface area contributed by atoms with Crippen LogP contribution in [0.4, 0.5) is 0 Å². The highest BCUT2D eigenvalue weighted by Crippen LogP contribution is 2.46. The highest BCUT2D eigenvalue weighted by Gasteiger charge is 2.24. The Morgan fingerprint density at radius 1 is 0.762 bits per heavy atom. The highest BCUT2D eigenvalue weighted by atomic mass is 32.1. The Hall–Kier alpha value is -4.74. The summed E-state index contributed by atoms with van der Waals surface area (Å²) in [7, 11) is 0. The average Bonchev–Trinajstić information content (AvgIpc) is 3.85. The number of furan rings is 2. The zero-order valence-corrected chi connectivity index (χ0v) is 24.2. The van der Waals surface area contributed by atoms with Crippen LogP contribution in [0.15, 0.2) is 112 Å². The second-order valence-electron chi connectivity index (χ2n) is 10.8. The van der Waals surface area contributed by atoms with E-state index in [0.717, 1.165) is 42.9 Å². The van der Waals surface area contributed by atoms with Crippen molar-refractivity contribution in [2.24, 2.45) is 0 Å². The lowest BCUT2D eigenvalue weighted by molar-refractivity contribution is 0.508. The van der Waals surface area contributed by atoms with E-state index < -0.39 is 0 Å². The number of hydrogen-bond donors (Lipinski definition) is 0. The van der Waals surface area contributed by atoms with Crippen LogP contribution in [0.25, 0.3) is 60.1 Å². The summed E-state index contributed by atoms with van der Waals surface area (Å²) in [5, 5.41) is 3.96. The summed E-state index contributed by atoms with van der Waals surface area (Å²) in [6, 6.07) is 32.6. The molecule has 0 aliphatic heterocycles. The van der Waals surface area contributed by atoms with E-state index in [4.69, 9.17) is 8.83 Å². The monoisotopic (exact) mass is 566 g/mol. The van der Waals surface area contributed by atoms with Crippen LogP contribution in [-0.2, 0) is 19.4 Å². The van der Waals surface area contributed by atoms with Gasteiger partial charge in [0.2, 0.25) is 0 Å². The largest absolute Gasteiger partial charge is 0.469 e. The van der Waals surface area contributed by atoms with E-state index in [9.17, 15) is 0 Å². The van der Waals surface area contributed by atoms with Crippen molar-refractivity contribution in [2.45, 2.75) is 32.7 Å². The minimum atomic E-state index is 0.856. The smallest absolute Gasteiger partial charge is 0.126 e. The maximum atomic E-state index is 5.59. The van der Waals surface area contributed by atoms with Gasteiger partial charge in [0.15, 0.2) is 0 Å². The molecule has 0 radical (unpaired) electrons. The van der Waals surface area contributed by atoms with Gasteiger partial charge in [-0.2, -0.15) is 0 Å². The third kappa shape index (κ3) is 4.12. The standard InChI is InChI=1S/C37H30N2O2S/c1-2-20-38-32-23-25(12-16-28-10-6-21-40-28)14-18-30(32)35-36(38)34-31-19-15-26(13-17-29-11-7-22-41-29)24-33(31)42-37(34)39(35)27-8-4-3-5-9-27/h3-12,14-16,18-19,21-24H,2,13,17,20H2,1H3/b16-12+. The SMILES string of the molecule is CCCn1c2cc(/C=C/c3ccco3)ccc2c2c1c1c3ccc(CCc4ccco4)cc3sc1n2-c1ccccc1. The van der Waals surface area contributed by atoms with Crippen molar-refractivity contribution in [1.82, 2.24) is 9.13 Å². The molecule has 5 aromatic heterocycles. The molecule has 0 saturated heterocycles. The molecule has 8 rings (SSSR count). The molecular weight excluding hydrogens is 536 g/mol. The van der Waals surface area contributed by atoms with Crippen LogP contribution in [-0.4, -0.2) is 9.13 Å². The third-order valence-electron chi connectivity index (χ3n) is 8.15. The average molecular weight is 567 g/mol. The van der Waals surface area contributed by atoms with Gasteiger partial charge in [0, 0.05) is 39.5 Å². The van der Waals surface area contributed by atoms with E-state index in [-0.39, 0.29) is 0 Å². The molecule has 8 aromatic rings. The molecule has 5 heterocycles. The molecule has 0 amide bonds. The molecule has 42 heavy (non-hydrogen) atoms. The zero-order valence-electron chi connectivity index (χ0n) is 23.4. The molecule has 4 nitrogen and oxygen atoms in total. The minimum Gasteiger partial charge on any atom is -0.469 e. The Labute approximate surface area is 247 Å². The second kappa shape index (κ2) is 10.3. The topological polar surface area (TPSA) is 36.1 Å². The Kier molecular flexibility index (Phi) is 6.11. The summed E-state index contributed by atoms with van der Waals surface area (Å²) >= 11 is 1.90. The highest BCUT2D eigenvalue weighted by molar-refractivity contribution is 7.25. The summed E-state index contributed by atoms with van der Waals surface area (Å²) < 4.78 is 17.5. The van der Waals surface area contributed by atoms with Gasteiger partial charge in [0.25, 0.3) is 0 Å². The van der Waals surface area contributed by atoms with Crippen LogP contribution in [0, 0.1) is 0 Å². The lowest BCUT2D eigenvalue weighted by Gasteiger charge is -2.07. The van der Waals surface area contributed by atoms with Gasteiger partial charge in [-0.15, -0.1) is 11.3 Å². The number of thiophene rings is 1. The van der Waals surface area contributed by atoms with E-state index in [0.29, 0.717) is 0 Å². The second-order valence-corrected chi connectivity index (χ2v) is 11.9. The molecule has 0 aliphatic rings. The maximum absolute atomic E-state index is 5.59. The molecule has 0 saturated carbocycles. The number of hydrogen-bond acceptors (Lipinski definition) is 3. The molecular formula is C37H30N2O2S. The quantitative estimate of drug-likeness (QED) is 0.183. The first-order valence-electron chi connectivity index (χ1n) is 14.6. The first kappa shape index (κ1) is 25.0. The van der Waals surface area contributed by atoms with Gasteiger partial charge in [0.05, 0.1) is 29.1 Å². The molecule has 206 valence electrons. The van der Waals surface area contributed by atoms with Gasteiger partial charge < -0.3 is 13.4 Å². The van der Waals surface area contributed by atoms with Gasteiger partial charge in [-0.1, -0.05) is 55.5 Å². The first-order chi connectivity index (χ1) is 20.8. The van der Waals surface area contributed by atoms with Crippen LogP contribution in [0.1, 0.15) is 36.0 Å². The van der Waals surface area contributed by atoms with Crippen molar-refractivity contribution in [3.05, 3.63) is 126 Å². The summed E-state index contributed by atoms with van der Waals surface area (Å²) in [5.41, 5.74) is 7.58. The fraction of sp³-hybridized carbons (Fsp3) is 0.135. The molecule has 3 aromatic carbocycles. The number of para-hydroxylation sites is 1. The molecule has 0 N–H and O–H groups in total. The molecule has 0 fully saturated rings. The van der Waals surface area contributed by atoms with Crippen molar-refractivity contribution < 1.29 is 8.83 Å². The van der Waals surface area contributed by atoms with E-state index in [2.05, 4.69) is 94.9 Å². The zero-order chi connectivity index (χ0) is 28.0. The van der Waals surface area contributed by atoms with Crippen LogP contribution in [0.2, 0.25) is 0 Å². The maximum Gasteiger partial charge on any atom is 0.126 e. The predicted octanol–water partition coefficient (Wildman–Crippen LogP) is 10.5. The van der Waals surface area contributed by atoms with Gasteiger partial charge in [-0.3, -0.25) is 4.57 Å². The molecule has 0 aliphatic carbocycles. The Balaban J connectivity index is 1.37. The molecule has 5 heteroatoms. The lowest BCUT2D eigenvalue weighted by atomic mass is 10.1. The van der Waals surface area contributed by atoms with Gasteiger partial charge in [-0.05, 0) is 78.6 Å². The molecule has 0 atom stereocenters. The van der Waals surface area contributed by atoms with E-state index in [1.165, 1.54) is 53.5 Å². The Morgan fingerprint density at radius 2 is 1.62 bits per heavy atom. The van der Waals surface area contributed by atoms with Gasteiger partial charge >= 0.3 is 0 Å². The van der Waals surface area contributed by atoms with Crippen LogP contribution < -0.4 is 0 Å². The van der Waals surface area contributed by atoms with Crippen molar-refractivity contribution in [2.75, 3.05) is 0 Å². The Bertz CT molecular complexity index is 2190. The minimum absolute atomic E-state index is 0.856. The number of benzene rings is 3. The van der Waals surface area contributed by atoms with E-state index in [1.807, 2.05) is 35.6 Å². The number of aryl methyl sites for hydroxylation is 3. The molecule has 0 bridgehead atoms. The fourth-order valence-corrected chi connectivity index (χ4v) is 7.56.